The highest BCUT2D eigenvalue weighted by Gasteiger charge is 2.08. The van der Waals surface area contributed by atoms with E-state index in [-0.39, 0.29) is 0 Å². The zero-order valence-electron chi connectivity index (χ0n) is 11.7. The average molecular weight is 271 g/mol. The molecule has 0 bridgehead atoms. The molecular weight excluding hydrogens is 254 g/mol. The molecule has 3 rings (SSSR count). The largest absolute Gasteiger partial charge is 0.464 e. The first kappa shape index (κ1) is 12.7. The van der Waals surface area contributed by atoms with Gasteiger partial charge in [-0.25, -0.2) is 4.68 Å². The van der Waals surface area contributed by atoms with E-state index in [1.54, 1.807) is 4.68 Å². The van der Waals surface area contributed by atoms with Crippen molar-refractivity contribution in [2.45, 2.75) is 33.4 Å². The van der Waals surface area contributed by atoms with Crippen LogP contribution in [0.5, 0.6) is 0 Å². The Bertz CT molecular complexity index is 694. The number of furan rings is 1. The van der Waals surface area contributed by atoms with E-state index in [1.165, 1.54) is 0 Å². The van der Waals surface area contributed by atoms with Crippen molar-refractivity contribution in [3.8, 4) is 11.3 Å². The van der Waals surface area contributed by atoms with Gasteiger partial charge in [0.1, 0.15) is 23.8 Å². The van der Waals surface area contributed by atoms with Gasteiger partial charge in [0.15, 0.2) is 0 Å². The third-order valence-corrected chi connectivity index (χ3v) is 3.03. The molecule has 0 aliphatic heterocycles. The summed E-state index contributed by atoms with van der Waals surface area (Å²) in [6.45, 7) is 5.56. The van der Waals surface area contributed by atoms with E-state index in [1.807, 2.05) is 42.3 Å². The summed E-state index contributed by atoms with van der Waals surface area (Å²) < 4.78 is 9.22. The highest BCUT2D eigenvalue weighted by molar-refractivity contribution is 5.54. The minimum Gasteiger partial charge on any atom is -0.464 e. The Morgan fingerprint density at radius 2 is 2.10 bits per heavy atom. The third kappa shape index (κ3) is 2.64. The summed E-state index contributed by atoms with van der Waals surface area (Å²) in [4.78, 5) is 0. The topological polar surface area (TPSA) is 61.7 Å². The molecule has 6 heteroatoms. The second kappa shape index (κ2) is 5.32. The molecule has 3 aromatic heterocycles. The van der Waals surface area contributed by atoms with E-state index < -0.39 is 0 Å². The molecule has 0 aliphatic rings. The van der Waals surface area contributed by atoms with E-state index in [9.17, 15) is 0 Å². The molecule has 0 aliphatic carbocycles. The number of rotatable bonds is 5. The van der Waals surface area contributed by atoms with Gasteiger partial charge >= 0.3 is 0 Å². The van der Waals surface area contributed by atoms with Gasteiger partial charge in [-0.15, -0.1) is 5.10 Å². The van der Waals surface area contributed by atoms with Gasteiger partial charge in [-0.2, -0.15) is 5.10 Å². The first-order valence-corrected chi connectivity index (χ1v) is 6.73. The van der Waals surface area contributed by atoms with Gasteiger partial charge in [0.05, 0.1) is 12.4 Å². The normalized spacial score (nSPS) is 11.1. The van der Waals surface area contributed by atoms with E-state index in [2.05, 4.69) is 22.3 Å². The molecule has 104 valence electrons. The fraction of sp³-hybridized carbons (Fsp3) is 0.357. The Hall–Kier alpha value is -2.37. The molecule has 0 saturated heterocycles. The quantitative estimate of drug-likeness (QED) is 0.715. The predicted octanol–water partition coefficient (Wildman–Crippen LogP) is 2.50. The monoisotopic (exact) mass is 271 g/mol. The van der Waals surface area contributed by atoms with E-state index in [0.717, 1.165) is 35.7 Å². The first-order chi connectivity index (χ1) is 9.74. The predicted molar refractivity (Wildman–Crippen MR) is 74.1 cm³/mol. The molecule has 0 saturated carbocycles. The second-order valence-corrected chi connectivity index (χ2v) is 4.81. The maximum Gasteiger partial charge on any atom is 0.125 e. The summed E-state index contributed by atoms with van der Waals surface area (Å²) in [5, 5.41) is 12.6. The van der Waals surface area contributed by atoms with Crippen molar-refractivity contribution in [1.82, 2.24) is 24.8 Å². The highest BCUT2D eigenvalue weighted by Crippen LogP contribution is 2.16. The Balaban J connectivity index is 1.75. The van der Waals surface area contributed by atoms with Crippen LogP contribution in [0.4, 0.5) is 0 Å². The molecule has 0 N–H and O–H groups in total. The molecule has 0 radical (unpaired) electrons. The average Bonchev–Trinajstić information content (AvgIpc) is 3.12. The lowest BCUT2D eigenvalue weighted by atomic mass is 10.3. The zero-order valence-corrected chi connectivity index (χ0v) is 11.7. The smallest absolute Gasteiger partial charge is 0.125 e. The lowest BCUT2D eigenvalue weighted by Crippen LogP contribution is -1.98. The van der Waals surface area contributed by atoms with Gasteiger partial charge in [-0.05, 0) is 25.5 Å². The van der Waals surface area contributed by atoms with Crippen molar-refractivity contribution in [2.75, 3.05) is 0 Å². The van der Waals surface area contributed by atoms with Crippen molar-refractivity contribution in [3.05, 3.63) is 42.2 Å². The van der Waals surface area contributed by atoms with Gasteiger partial charge < -0.3 is 4.42 Å². The standard InChI is InChI=1S/C14H17N5O/c1-3-6-18-8-12(7-15-18)14-10-19(17-16-14)9-13-5-4-11(2)20-13/h4-5,7-8,10H,3,6,9H2,1-2H3. The highest BCUT2D eigenvalue weighted by atomic mass is 16.3. The number of aromatic nitrogens is 5. The molecule has 0 fully saturated rings. The summed E-state index contributed by atoms with van der Waals surface area (Å²) in [5.41, 5.74) is 1.82. The number of aryl methyl sites for hydroxylation is 2. The molecule has 6 nitrogen and oxygen atoms in total. The number of hydrogen-bond donors (Lipinski definition) is 0. The third-order valence-electron chi connectivity index (χ3n) is 3.03. The summed E-state index contributed by atoms with van der Waals surface area (Å²) in [6, 6.07) is 3.90. The lowest BCUT2D eigenvalue weighted by Gasteiger charge is -1.95. The van der Waals surface area contributed by atoms with Crippen LogP contribution < -0.4 is 0 Å². The van der Waals surface area contributed by atoms with E-state index >= 15 is 0 Å². The first-order valence-electron chi connectivity index (χ1n) is 6.73. The van der Waals surface area contributed by atoms with Gasteiger partial charge in [0.2, 0.25) is 0 Å². The summed E-state index contributed by atoms with van der Waals surface area (Å²) >= 11 is 0. The van der Waals surface area contributed by atoms with Crippen LogP contribution in [0, 0.1) is 6.92 Å². The molecular formula is C14H17N5O. The van der Waals surface area contributed by atoms with Crippen LogP contribution in [0.2, 0.25) is 0 Å². The molecule has 20 heavy (non-hydrogen) atoms. The van der Waals surface area contributed by atoms with Crippen LogP contribution in [-0.4, -0.2) is 24.8 Å². The Morgan fingerprint density at radius 3 is 2.85 bits per heavy atom. The summed E-state index contributed by atoms with van der Waals surface area (Å²) in [7, 11) is 0. The van der Waals surface area contributed by atoms with Crippen molar-refractivity contribution >= 4 is 0 Å². The lowest BCUT2D eigenvalue weighted by molar-refractivity contribution is 0.455. The van der Waals surface area contributed by atoms with Crippen molar-refractivity contribution in [1.29, 1.82) is 0 Å². The van der Waals surface area contributed by atoms with Crippen LogP contribution in [0.1, 0.15) is 24.9 Å². The Labute approximate surface area is 117 Å². The van der Waals surface area contributed by atoms with Crippen LogP contribution in [0.25, 0.3) is 11.3 Å². The molecule has 0 spiro atoms. The second-order valence-electron chi connectivity index (χ2n) is 4.81. The molecule has 3 aromatic rings. The van der Waals surface area contributed by atoms with Crippen LogP contribution in [0.3, 0.4) is 0 Å². The molecule has 3 heterocycles. The molecule has 0 amide bonds. The van der Waals surface area contributed by atoms with Crippen molar-refractivity contribution in [3.63, 3.8) is 0 Å². The van der Waals surface area contributed by atoms with Gasteiger partial charge in [0, 0.05) is 18.3 Å². The van der Waals surface area contributed by atoms with E-state index in [4.69, 9.17) is 4.42 Å². The Kier molecular flexibility index (Phi) is 3.37. The van der Waals surface area contributed by atoms with Crippen molar-refractivity contribution in [2.24, 2.45) is 0 Å². The van der Waals surface area contributed by atoms with Gasteiger partial charge in [-0.1, -0.05) is 12.1 Å². The minimum atomic E-state index is 0.587. The fourth-order valence-corrected chi connectivity index (χ4v) is 2.08. The molecule has 0 aromatic carbocycles. The number of hydrogen-bond acceptors (Lipinski definition) is 4. The SMILES string of the molecule is CCCn1cc(-c2cn(Cc3ccc(C)o3)nn2)cn1. The van der Waals surface area contributed by atoms with Crippen LogP contribution in [-0.2, 0) is 13.1 Å². The van der Waals surface area contributed by atoms with E-state index in [0.29, 0.717) is 6.54 Å². The van der Waals surface area contributed by atoms with Gasteiger partial charge in [0.25, 0.3) is 0 Å². The molecule has 0 unspecified atom stereocenters. The van der Waals surface area contributed by atoms with Crippen LogP contribution in [0.15, 0.2) is 35.1 Å². The maximum absolute atomic E-state index is 5.53. The zero-order chi connectivity index (χ0) is 13.9. The maximum atomic E-state index is 5.53. The summed E-state index contributed by atoms with van der Waals surface area (Å²) in [5.74, 6) is 1.78. The van der Waals surface area contributed by atoms with Crippen molar-refractivity contribution < 1.29 is 4.42 Å². The minimum absolute atomic E-state index is 0.587. The van der Waals surface area contributed by atoms with Crippen LogP contribution >= 0.6 is 0 Å². The molecule has 0 atom stereocenters. The number of nitrogens with zero attached hydrogens (tertiary/aromatic N) is 5. The Morgan fingerprint density at radius 1 is 1.20 bits per heavy atom. The van der Waals surface area contributed by atoms with Gasteiger partial charge in [-0.3, -0.25) is 4.68 Å². The summed E-state index contributed by atoms with van der Waals surface area (Å²) in [6.07, 6.45) is 6.78. The fourth-order valence-electron chi connectivity index (χ4n) is 2.08.